The van der Waals surface area contributed by atoms with Gasteiger partial charge in [0.2, 0.25) is 5.91 Å². The van der Waals surface area contributed by atoms with Crippen LogP contribution in [0.15, 0.2) is 23.1 Å². The Morgan fingerprint density at radius 2 is 1.75 bits per heavy atom. The van der Waals surface area contributed by atoms with Crippen molar-refractivity contribution < 1.29 is 28.9 Å². The molecule has 1 aromatic carbocycles. The van der Waals surface area contributed by atoms with Crippen molar-refractivity contribution in [2.24, 2.45) is 0 Å². The fourth-order valence-electron chi connectivity index (χ4n) is 1.32. The summed E-state index contributed by atoms with van der Waals surface area (Å²) in [6, 6.07) is 3.24. The quantitative estimate of drug-likeness (QED) is 0.528. The van der Waals surface area contributed by atoms with Gasteiger partial charge in [0.05, 0.1) is 25.6 Å². The van der Waals surface area contributed by atoms with Crippen LogP contribution in [0.5, 0.6) is 0 Å². The minimum absolute atomic E-state index is 0.132. The molecule has 0 radical (unpaired) electrons. The van der Waals surface area contributed by atoms with Crippen molar-refractivity contribution in [1.29, 1.82) is 0 Å². The molecule has 1 rings (SSSR count). The van der Waals surface area contributed by atoms with E-state index in [4.69, 9.17) is 15.3 Å². The number of benzene rings is 1. The molecule has 0 bridgehead atoms. The Hall–Kier alpha value is -1.22. The molecule has 8 heteroatoms. The minimum Gasteiger partial charge on any atom is -0.394 e. The molecule has 1 aromatic rings. The van der Waals surface area contributed by atoms with E-state index in [1.807, 2.05) is 0 Å². The van der Waals surface area contributed by atoms with Gasteiger partial charge in [-0.05, 0) is 18.2 Å². The van der Waals surface area contributed by atoms with E-state index in [0.717, 1.165) is 23.9 Å². The van der Waals surface area contributed by atoms with E-state index in [-0.39, 0.29) is 5.75 Å². The highest BCUT2D eigenvalue weighted by Crippen LogP contribution is 2.20. The van der Waals surface area contributed by atoms with Crippen LogP contribution in [0.1, 0.15) is 0 Å². The van der Waals surface area contributed by atoms with E-state index < -0.39 is 42.9 Å². The van der Waals surface area contributed by atoms with Crippen molar-refractivity contribution in [2.45, 2.75) is 10.4 Å². The molecule has 0 fully saturated rings. The summed E-state index contributed by atoms with van der Waals surface area (Å²) in [5.41, 5.74) is -1.49. The minimum atomic E-state index is -1.49. The van der Waals surface area contributed by atoms with Gasteiger partial charge in [0.1, 0.15) is 5.54 Å². The summed E-state index contributed by atoms with van der Waals surface area (Å²) >= 11 is 0.960. The standard InChI is InChI=1S/C12H15F2NO4S/c13-9-2-1-8(3-10(9)14)20-4-11(19)15-12(5-16,6-17)7-18/h1-3,16-18H,4-7H2,(H,15,19). The number of hydrogen-bond acceptors (Lipinski definition) is 5. The van der Waals surface area contributed by atoms with Gasteiger partial charge in [-0.1, -0.05) is 0 Å². The Morgan fingerprint density at radius 3 is 2.25 bits per heavy atom. The SMILES string of the molecule is O=C(CSc1ccc(F)c(F)c1)NC(CO)(CO)CO. The molecular weight excluding hydrogens is 292 g/mol. The van der Waals surface area contributed by atoms with Crippen LogP contribution in [0.25, 0.3) is 0 Å². The number of carbonyl (C=O) groups is 1. The summed E-state index contributed by atoms with van der Waals surface area (Å²) in [6.45, 7) is -1.87. The zero-order valence-electron chi connectivity index (χ0n) is 10.5. The maximum absolute atomic E-state index is 13.0. The van der Waals surface area contributed by atoms with Crippen LogP contribution in [-0.2, 0) is 4.79 Å². The Labute approximate surface area is 118 Å². The van der Waals surface area contributed by atoms with E-state index in [1.54, 1.807) is 0 Å². The number of hydrogen-bond donors (Lipinski definition) is 4. The van der Waals surface area contributed by atoms with Crippen molar-refractivity contribution in [3.63, 3.8) is 0 Å². The average molecular weight is 307 g/mol. The molecule has 112 valence electrons. The lowest BCUT2D eigenvalue weighted by Crippen LogP contribution is -2.57. The molecule has 0 heterocycles. The Balaban J connectivity index is 2.56. The van der Waals surface area contributed by atoms with Crippen LogP contribution in [0.3, 0.4) is 0 Å². The molecule has 20 heavy (non-hydrogen) atoms. The van der Waals surface area contributed by atoms with Crippen molar-refractivity contribution in [2.75, 3.05) is 25.6 Å². The number of thioether (sulfide) groups is 1. The third-order valence-electron chi connectivity index (χ3n) is 2.57. The molecule has 0 saturated heterocycles. The van der Waals surface area contributed by atoms with Gasteiger partial charge in [0, 0.05) is 4.90 Å². The van der Waals surface area contributed by atoms with E-state index in [2.05, 4.69) is 5.32 Å². The van der Waals surface area contributed by atoms with Gasteiger partial charge in [0.25, 0.3) is 0 Å². The van der Waals surface area contributed by atoms with E-state index in [1.165, 1.54) is 6.07 Å². The van der Waals surface area contributed by atoms with Crippen LogP contribution >= 0.6 is 11.8 Å². The molecule has 0 aliphatic carbocycles. The maximum atomic E-state index is 13.0. The Kier molecular flexibility index (Phi) is 6.34. The van der Waals surface area contributed by atoms with Gasteiger partial charge < -0.3 is 20.6 Å². The van der Waals surface area contributed by atoms with Gasteiger partial charge in [-0.3, -0.25) is 4.79 Å². The molecule has 0 aromatic heterocycles. The smallest absolute Gasteiger partial charge is 0.231 e. The maximum Gasteiger partial charge on any atom is 0.231 e. The molecule has 0 aliphatic rings. The van der Waals surface area contributed by atoms with E-state index in [0.29, 0.717) is 4.90 Å². The number of rotatable bonds is 7. The second-order valence-corrected chi connectivity index (χ2v) is 5.22. The molecule has 0 unspecified atom stereocenters. The number of aliphatic hydroxyl groups is 3. The van der Waals surface area contributed by atoms with Crippen LogP contribution in [0, 0.1) is 11.6 Å². The molecule has 1 amide bonds. The molecule has 0 spiro atoms. The van der Waals surface area contributed by atoms with E-state index >= 15 is 0 Å². The van der Waals surface area contributed by atoms with Gasteiger partial charge in [-0.25, -0.2) is 8.78 Å². The van der Waals surface area contributed by atoms with Crippen LogP contribution in [0.2, 0.25) is 0 Å². The summed E-state index contributed by atoms with van der Waals surface area (Å²) in [7, 11) is 0. The first kappa shape index (κ1) is 16.8. The number of carbonyl (C=O) groups excluding carboxylic acids is 1. The fraction of sp³-hybridized carbons (Fsp3) is 0.417. The third kappa shape index (κ3) is 4.41. The first-order chi connectivity index (χ1) is 9.46. The van der Waals surface area contributed by atoms with Gasteiger partial charge >= 0.3 is 0 Å². The summed E-state index contributed by atoms with van der Waals surface area (Å²) in [6.07, 6.45) is 0. The number of nitrogens with one attached hydrogen (secondary N) is 1. The summed E-state index contributed by atoms with van der Waals surface area (Å²) in [4.78, 5) is 12.0. The molecule has 4 N–H and O–H groups in total. The number of amides is 1. The first-order valence-electron chi connectivity index (χ1n) is 5.68. The van der Waals surface area contributed by atoms with Gasteiger partial charge in [-0.15, -0.1) is 11.8 Å². The summed E-state index contributed by atoms with van der Waals surface area (Å²) in [5, 5.41) is 29.4. The predicted octanol–water partition coefficient (Wildman–Crippen LogP) is -0.111. The molecule has 0 saturated carbocycles. The Morgan fingerprint density at radius 1 is 1.15 bits per heavy atom. The number of aliphatic hydroxyl groups excluding tert-OH is 3. The summed E-state index contributed by atoms with van der Waals surface area (Å²) < 4.78 is 25.7. The monoisotopic (exact) mass is 307 g/mol. The number of halogens is 2. The van der Waals surface area contributed by atoms with Gasteiger partial charge in [0.15, 0.2) is 11.6 Å². The molecular formula is C12H15F2NO4S. The zero-order valence-corrected chi connectivity index (χ0v) is 11.3. The predicted molar refractivity (Wildman–Crippen MR) is 69.2 cm³/mol. The molecule has 0 aliphatic heterocycles. The third-order valence-corrected chi connectivity index (χ3v) is 3.57. The fourth-order valence-corrected chi connectivity index (χ4v) is 2.04. The molecule has 5 nitrogen and oxygen atoms in total. The lowest BCUT2D eigenvalue weighted by molar-refractivity contribution is -0.122. The highest BCUT2D eigenvalue weighted by atomic mass is 32.2. The highest BCUT2D eigenvalue weighted by molar-refractivity contribution is 8.00. The first-order valence-corrected chi connectivity index (χ1v) is 6.66. The Bertz CT molecular complexity index is 461. The van der Waals surface area contributed by atoms with Crippen LogP contribution < -0.4 is 5.32 Å². The van der Waals surface area contributed by atoms with Gasteiger partial charge in [-0.2, -0.15) is 0 Å². The normalized spacial score (nSPS) is 11.4. The van der Waals surface area contributed by atoms with Crippen molar-refractivity contribution in [3.05, 3.63) is 29.8 Å². The average Bonchev–Trinajstić information content (AvgIpc) is 2.46. The second-order valence-electron chi connectivity index (χ2n) is 4.17. The van der Waals surface area contributed by atoms with Crippen molar-refractivity contribution >= 4 is 17.7 Å². The van der Waals surface area contributed by atoms with Crippen molar-refractivity contribution in [1.82, 2.24) is 5.32 Å². The largest absolute Gasteiger partial charge is 0.394 e. The van der Waals surface area contributed by atoms with Crippen LogP contribution in [0.4, 0.5) is 8.78 Å². The lowest BCUT2D eigenvalue weighted by atomic mass is 10.0. The highest BCUT2D eigenvalue weighted by Gasteiger charge is 2.29. The van der Waals surface area contributed by atoms with Crippen molar-refractivity contribution in [3.8, 4) is 0 Å². The molecule has 0 atom stereocenters. The van der Waals surface area contributed by atoms with E-state index in [9.17, 15) is 13.6 Å². The topological polar surface area (TPSA) is 89.8 Å². The second kappa shape index (κ2) is 7.53. The van der Waals surface area contributed by atoms with Crippen LogP contribution in [-0.4, -0.2) is 52.3 Å². The summed E-state index contributed by atoms with van der Waals surface area (Å²) in [5.74, 6) is -2.67. The zero-order chi connectivity index (χ0) is 15.2. The lowest BCUT2D eigenvalue weighted by Gasteiger charge is -2.28.